The van der Waals surface area contributed by atoms with Gasteiger partial charge in [-0.2, -0.15) is 17.6 Å². The number of benzene rings is 8. The second-order valence-electron chi connectivity index (χ2n) is 14.3. The summed E-state index contributed by atoms with van der Waals surface area (Å²) in [5.41, 5.74) is 8.87. The molecule has 0 saturated heterocycles. The summed E-state index contributed by atoms with van der Waals surface area (Å²) >= 11 is 0. The second-order valence-corrected chi connectivity index (χ2v) is 14.3. The highest BCUT2D eigenvalue weighted by Crippen LogP contribution is 2.33. The van der Waals surface area contributed by atoms with E-state index in [2.05, 4.69) is 89.7 Å². The molecular formula is C52H39F7O2. The molecule has 0 atom stereocenters. The summed E-state index contributed by atoms with van der Waals surface area (Å²) in [6, 6.07) is 46.3. The van der Waals surface area contributed by atoms with E-state index >= 15 is 0 Å². The summed E-state index contributed by atoms with van der Waals surface area (Å²) in [6.45, 7) is -0.457. The summed E-state index contributed by atoms with van der Waals surface area (Å²) in [7, 11) is 0. The molecule has 61 heavy (non-hydrogen) atoms. The summed E-state index contributed by atoms with van der Waals surface area (Å²) < 4.78 is 99.3. The number of halogens is 7. The highest BCUT2D eigenvalue weighted by Gasteiger charge is 2.18. The molecule has 0 aliphatic heterocycles. The standard InChI is InChI=1S/C27H21F3O.C25H18F4O/c1-2-3-4-18-5-6-23-16-22(12-11-21(23)15-18)19-7-9-20(10-8-19)24-13-14-26(25(28)17-24)31-27(29)30;1-2-15-3-4-20-12-19(10-9-18(20)11-15)16-5-7-17(8-6-16)21-13-22(26)24(23(27)14-21)30-25(28)29/h2,5-17,27H,1,3-4H2;3-14,25H,2H2,1H3. The topological polar surface area (TPSA) is 18.5 Å². The van der Waals surface area contributed by atoms with Gasteiger partial charge in [0.2, 0.25) is 0 Å². The molecule has 0 aromatic heterocycles. The molecule has 0 heterocycles. The first-order chi connectivity index (χ1) is 29.5. The van der Waals surface area contributed by atoms with Crippen LogP contribution in [0.25, 0.3) is 66.1 Å². The molecular weight excluding hydrogens is 790 g/mol. The van der Waals surface area contributed by atoms with E-state index in [-0.39, 0.29) is 5.56 Å². The zero-order chi connectivity index (χ0) is 43.0. The third kappa shape index (κ3) is 10.3. The van der Waals surface area contributed by atoms with Crippen LogP contribution >= 0.6 is 0 Å². The highest BCUT2D eigenvalue weighted by atomic mass is 19.3. The smallest absolute Gasteiger partial charge is 0.387 e. The van der Waals surface area contributed by atoms with E-state index in [4.69, 9.17) is 0 Å². The molecule has 0 bridgehead atoms. The first-order valence-corrected chi connectivity index (χ1v) is 19.5. The molecule has 0 N–H and O–H groups in total. The zero-order valence-corrected chi connectivity index (χ0v) is 33.0. The predicted octanol–water partition coefficient (Wildman–Crippen LogP) is 15.6. The number of hydrogen-bond acceptors (Lipinski definition) is 2. The average Bonchev–Trinajstić information content (AvgIpc) is 3.27. The van der Waals surface area contributed by atoms with Crippen LogP contribution in [0.5, 0.6) is 11.5 Å². The van der Waals surface area contributed by atoms with Gasteiger partial charge in [0, 0.05) is 0 Å². The molecule has 0 aliphatic carbocycles. The lowest BCUT2D eigenvalue weighted by Gasteiger charge is -2.10. The quantitative estimate of drug-likeness (QED) is 0.0902. The van der Waals surface area contributed by atoms with Crippen LogP contribution in [0.3, 0.4) is 0 Å². The Hall–Kier alpha value is -6.87. The third-order valence-electron chi connectivity index (χ3n) is 10.3. The van der Waals surface area contributed by atoms with Gasteiger partial charge < -0.3 is 9.47 Å². The Morgan fingerprint density at radius 2 is 0.836 bits per heavy atom. The minimum Gasteiger partial charge on any atom is -0.432 e. The van der Waals surface area contributed by atoms with Gasteiger partial charge in [-0.05, 0) is 133 Å². The van der Waals surface area contributed by atoms with E-state index in [9.17, 15) is 30.7 Å². The number of alkyl halides is 4. The largest absolute Gasteiger partial charge is 0.432 e. The fourth-order valence-corrected chi connectivity index (χ4v) is 7.10. The lowest BCUT2D eigenvalue weighted by atomic mass is 9.97. The van der Waals surface area contributed by atoms with Crippen molar-refractivity contribution in [3.8, 4) is 56.0 Å². The zero-order valence-electron chi connectivity index (χ0n) is 33.0. The van der Waals surface area contributed by atoms with E-state index in [0.717, 1.165) is 64.6 Å². The maximum atomic E-state index is 14.0. The molecule has 8 rings (SSSR count). The molecule has 0 aliphatic rings. The van der Waals surface area contributed by atoms with E-state index < -0.39 is 42.2 Å². The van der Waals surface area contributed by atoms with Gasteiger partial charge in [0.15, 0.2) is 29.0 Å². The molecule has 0 spiro atoms. The Morgan fingerprint density at radius 3 is 1.31 bits per heavy atom. The Balaban J connectivity index is 0.000000184. The lowest BCUT2D eigenvalue weighted by Crippen LogP contribution is -2.06. The highest BCUT2D eigenvalue weighted by molar-refractivity contribution is 5.89. The van der Waals surface area contributed by atoms with Crippen LogP contribution in [0.15, 0.2) is 164 Å². The molecule has 0 saturated carbocycles. The van der Waals surface area contributed by atoms with Gasteiger partial charge in [-0.25, -0.2) is 13.2 Å². The molecule has 9 heteroatoms. The van der Waals surface area contributed by atoms with Crippen molar-refractivity contribution < 1.29 is 40.2 Å². The van der Waals surface area contributed by atoms with Gasteiger partial charge in [0.05, 0.1) is 0 Å². The number of hydrogen-bond donors (Lipinski definition) is 0. The normalized spacial score (nSPS) is 11.2. The van der Waals surface area contributed by atoms with Crippen molar-refractivity contribution in [1.29, 1.82) is 0 Å². The van der Waals surface area contributed by atoms with E-state index in [1.807, 2.05) is 48.5 Å². The Bertz CT molecular complexity index is 2780. The minimum atomic E-state index is -3.30. The summed E-state index contributed by atoms with van der Waals surface area (Å²) in [4.78, 5) is 0. The monoisotopic (exact) mass is 828 g/mol. The van der Waals surface area contributed by atoms with E-state index in [1.54, 1.807) is 18.2 Å². The SMILES string of the molecule is C=CCCc1ccc2cc(-c3ccc(-c4ccc(OC(F)F)c(F)c4)cc3)ccc2c1.CCc1ccc2cc(-c3ccc(-c4cc(F)c(OC(F)F)c(F)c4)cc3)ccc2c1. The van der Waals surface area contributed by atoms with Gasteiger partial charge in [0.25, 0.3) is 0 Å². The van der Waals surface area contributed by atoms with Gasteiger partial charge in [0.1, 0.15) is 0 Å². The predicted molar refractivity (Wildman–Crippen MR) is 231 cm³/mol. The van der Waals surface area contributed by atoms with Crippen LogP contribution in [0.1, 0.15) is 24.5 Å². The maximum absolute atomic E-state index is 14.0. The fourth-order valence-electron chi connectivity index (χ4n) is 7.10. The first kappa shape index (κ1) is 42.3. The molecule has 308 valence electrons. The minimum absolute atomic E-state index is 0.240. The van der Waals surface area contributed by atoms with Crippen molar-refractivity contribution in [3.63, 3.8) is 0 Å². The van der Waals surface area contributed by atoms with Crippen molar-refractivity contribution >= 4 is 21.5 Å². The second kappa shape index (κ2) is 19.0. The van der Waals surface area contributed by atoms with E-state index in [1.165, 1.54) is 39.4 Å². The molecule has 0 unspecified atom stereocenters. The lowest BCUT2D eigenvalue weighted by molar-refractivity contribution is -0.0547. The van der Waals surface area contributed by atoms with Crippen molar-refractivity contribution in [2.75, 3.05) is 0 Å². The maximum Gasteiger partial charge on any atom is 0.387 e. The third-order valence-corrected chi connectivity index (χ3v) is 10.3. The van der Waals surface area contributed by atoms with Crippen LogP contribution < -0.4 is 9.47 Å². The van der Waals surface area contributed by atoms with Crippen LogP contribution in [0, 0.1) is 17.5 Å². The molecule has 8 aromatic rings. The fraction of sp³-hybridized carbons (Fsp3) is 0.115. The number of aryl methyl sites for hydroxylation is 2. The Morgan fingerprint density at radius 1 is 0.443 bits per heavy atom. The molecule has 0 fully saturated rings. The number of fused-ring (bicyclic) bond motifs is 2. The van der Waals surface area contributed by atoms with Crippen LogP contribution in [0.4, 0.5) is 30.7 Å². The average molecular weight is 829 g/mol. The Kier molecular flexibility index (Phi) is 13.2. The number of ether oxygens (including phenoxy) is 2. The van der Waals surface area contributed by atoms with Crippen LogP contribution in [-0.4, -0.2) is 13.2 Å². The van der Waals surface area contributed by atoms with Gasteiger partial charge in [-0.1, -0.05) is 128 Å². The van der Waals surface area contributed by atoms with Crippen LogP contribution in [0.2, 0.25) is 0 Å². The summed E-state index contributed by atoms with van der Waals surface area (Å²) in [5.74, 6) is -4.69. The van der Waals surface area contributed by atoms with E-state index in [0.29, 0.717) is 11.1 Å². The molecule has 0 radical (unpaired) electrons. The van der Waals surface area contributed by atoms with Gasteiger partial charge >= 0.3 is 13.2 Å². The first-order valence-electron chi connectivity index (χ1n) is 19.5. The number of rotatable bonds is 12. The van der Waals surface area contributed by atoms with Gasteiger partial charge in [-0.3, -0.25) is 0 Å². The Labute approximate surface area is 349 Å². The summed E-state index contributed by atoms with van der Waals surface area (Å²) in [5, 5.41) is 4.67. The van der Waals surface area contributed by atoms with Gasteiger partial charge in [-0.15, -0.1) is 6.58 Å². The van der Waals surface area contributed by atoms with Crippen molar-refractivity contribution in [3.05, 3.63) is 193 Å². The molecule has 2 nitrogen and oxygen atoms in total. The molecule has 0 amide bonds. The van der Waals surface area contributed by atoms with Crippen LogP contribution in [-0.2, 0) is 12.8 Å². The van der Waals surface area contributed by atoms with Crippen molar-refractivity contribution in [2.24, 2.45) is 0 Å². The summed E-state index contributed by atoms with van der Waals surface area (Å²) in [6.07, 6.45) is 4.85. The molecule has 8 aromatic carbocycles. The van der Waals surface area contributed by atoms with Crippen molar-refractivity contribution in [2.45, 2.75) is 39.4 Å². The van der Waals surface area contributed by atoms with Crippen molar-refractivity contribution in [1.82, 2.24) is 0 Å². The number of allylic oxidation sites excluding steroid dienone is 1.